The predicted molar refractivity (Wildman–Crippen MR) is 204 cm³/mol. The summed E-state index contributed by atoms with van der Waals surface area (Å²) in [5, 5.41) is 25.4. The number of pyridine rings is 1. The monoisotopic (exact) mass is 691 g/mol. The molecule has 2 aromatic heterocycles. The molecule has 0 radical (unpaired) electrons. The van der Waals surface area contributed by atoms with Crippen molar-refractivity contribution in [3.05, 3.63) is 192 Å². The molecule has 0 spiro atoms. The third kappa shape index (κ3) is 5.70. The lowest BCUT2D eigenvalue weighted by atomic mass is 9.77. The number of rotatable bonds is 10. The second kappa shape index (κ2) is 13.3. The van der Waals surface area contributed by atoms with E-state index in [9.17, 15) is 9.90 Å². The number of para-hydroxylation sites is 1. The van der Waals surface area contributed by atoms with Crippen LogP contribution in [0.2, 0.25) is 0 Å². The number of hydrogen-bond acceptors (Lipinski definition) is 6. The van der Waals surface area contributed by atoms with Crippen LogP contribution in [0.3, 0.4) is 0 Å². The number of nitrogens with zero attached hydrogens (tertiary/aromatic N) is 5. The summed E-state index contributed by atoms with van der Waals surface area (Å²) in [6, 6.07) is 53.7. The van der Waals surface area contributed by atoms with E-state index in [0.29, 0.717) is 33.9 Å². The molecule has 53 heavy (non-hydrogen) atoms. The average molecular weight is 692 g/mol. The van der Waals surface area contributed by atoms with Crippen molar-refractivity contribution in [1.82, 2.24) is 25.2 Å². The summed E-state index contributed by atoms with van der Waals surface area (Å²) < 4.78 is 6.40. The van der Waals surface area contributed by atoms with E-state index < -0.39 is 11.5 Å². The first-order chi connectivity index (χ1) is 26.1. The number of fused-ring (bicyclic) bond motifs is 1. The molecule has 0 aliphatic heterocycles. The largest absolute Gasteiger partial charge is 0.478 e. The maximum atomic E-state index is 12.6. The first-order valence-corrected chi connectivity index (χ1v) is 17.6. The fourth-order valence-corrected chi connectivity index (χ4v) is 7.26. The zero-order valence-corrected chi connectivity index (χ0v) is 28.6. The molecule has 1 aliphatic rings. The van der Waals surface area contributed by atoms with Crippen molar-refractivity contribution in [3.63, 3.8) is 0 Å². The van der Waals surface area contributed by atoms with Crippen LogP contribution in [0.1, 0.15) is 51.5 Å². The van der Waals surface area contributed by atoms with Crippen LogP contribution in [0.5, 0.6) is 11.5 Å². The number of tetrazole rings is 1. The highest BCUT2D eigenvalue weighted by Crippen LogP contribution is 2.47. The molecule has 2 heterocycles. The van der Waals surface area contributed by atoms with Gasteiger partial charge in [0.2, 0.25) is 5.82 Å². The van der Waals surface area contributed by atoms with Crippen LogP contribution in [0.25, 0.3) is 33.4 Å². The van der Waals surface area contributed by atoms with E-state index in [1.54, 1.807) is 10.9 Å². The van der Waals surface area contributed by atoms with Gasteiger partial charge in [0.25, 0.3) is 0 Å². The Kier molecular flexibility index (Phi) is 8.04. The SMILES string of the molecule is O=C(O)c1c(Oc2ccc(-c3ccccc3-c3nnn(C(c4ccccc4)(c4ccccc4)c4ccccc4)n3)cc2)c(C2CC2)nc2ccccc12. The first-order valence-electron chi connectivity index (χ1n) is 17.6. The van der Waals surface area contributed by atoms with E-state index >= 15 is 0 Å². The van der Waals surface area contributed by atoms with Gasteiger partial charge in [-0.3, -0.25) is 0 Å². The molecule has 0 bridgehead atoms. The van der Waals surface area contributed by atoms with Crippen LogP contribution in [-0.2, 0) is 5.54 Å². The lowest BCUT2D eigenvalue weighted by Crippen LogP contribution is -2.39. The maximum absolute atomic E-state index is 12.6. The molecule has 8 nitrogen and oxygen atoms in total. The van der Waals surface area contributed by atoms with Crippen LogP contribution in [0.15, 0.2) is 164 Å². The quantitative estimate of drug-likeness (QED) is 0.142. The lowest BCUT2D eigenvalue weighted by molar-refractivity contribution is 0.0696. The molecule has 8 aromatic rings. The summed E-state index contributed by atoms with van der Waals surface area (Å²) in [6.07, 6.45) is 1.91. The van der Waals surface area contributed by atoms with Gasteiger partial charge in [0.15, 0.2) is 11.3 Å². The van der Waals surface area contributed by atoms with Crippen LogP contribution in [-0.4, -0.2) is 36.3 Å². The fraction of sp³-hybridized carbons (Fsp3) is 0.0889. The second-order valence-corrected chi connectivity index (χ2v) is 13.2. The maximum Gasteiger partial charge on any atom is 0.340 e. The van der Waals surface area contributed by atoms with Gasteiger partial charge in [-0.2, -0.15) is 0 Å². The normalized spacial score (nSPS) is 12.8. The molecule has 1 N–H and O–H groups in total. The number of carboxylic acid groups (broad SMARTS) is 1. The van der Waals surface area contributed by atoms with Gasteiger partial charge in [0, 0.05) is 16.9 Å². The van der Waals surface area contributed by atoms with Crippen molar-refractivity contribution < 1.29 is 14.6 Å². The van der Waals surface area contributed by atoms with Gasteiger partial charge in [-0.15, -0.1) is 15.0 Å². The Balaban J connectivity index is 1.11. The minimum Gasteiger partial charge on any atom is -0.478 e. The molecule has 256 valence electrons. The molecule has 0 unspecified atom stereocenters. The van der Waals surface area contributed by atoms with Crippen molar-refractivity contribution in [3.8, 4) is 34.0 Å². The zero-order valence-electron chi connectivity index (χ0n) is 28.6. The van der Waals surface area contributed by atoms with Gasteiger partial charge in [-0.1, -0.05) is 146 Å². The molecule has 0 amide bonds. The van der Waals surface area contributed by atoms with Gasteiger partial charge in [0.05, 0.1) is 11.2 Å². The van der Waals surface area contributed by atoms with Crippen LogP contribution >= 0.6 is 0 Å². The Morgan fingerprint density at radius 2 is 1.21 bits per heavy atom. The third-order valence-corrected chi connectivity index (χ3v) is 9.89. The lowest BCUT2D eigenvalue weighted by Gasteiger charge is -2.34. The first kappa shape index (κ1) is 32.0. The van der Waals surface area contributed by atoms with Crippen molar-refractivity contribution >= 4 is 16.9 Å². The molecule has 8 heteroatoms. The number of aromatic nitrogens is 5. The number of hydrogen-bond donors (Lipinski definition) is 1. The Morgan fingerprint density at radius 1 is 0.660 bits per heavy atom. The Labute approximate surface area is 306 Å². The Hall–Kier alpha value is -6.93. The van der Waals surface area contributed by atoms with Crippen molar-refractivity contribution in [2.24, 2.45) is 0 Å². The predicted octanol–water partition coefficient (Wildman–Crippen LogP) is 9.76. The fourth-order valence-electron chi connectivity index (χ4n) is 7.26. The number of ether oxygens (including phenoxy) is 1. The summed E-state index contributed by atoms with van der Waals surface area (Å²) in [6.45, 7) is 0. The molecule has 1 fully saturated rings. The molecule has 0 atom stereocenters. The van der Waals surface area contributed by atoms with E-state index in [1.807, 2.05) is 121 Å². The van der Waals surface area contributed by atoms with Gasteiger partial charge >= 0.3 is 5.97 Å². The minimum absolute atomic E-state index is 0.138. The van der Waals surface area contributed by atoms with Crippen molar-refractivity contribution in [1.29, 1.82) is 0 Å². The highest BCUT2D eigenvalue weighted by Gasteiger charge is 2.41. The van der Waals surface area contributed by atoms with Gasteiger partial charge in [0.1, 0.15) is 11.3 Å². The van der Waals surface area contributed by atoms with E-state index in [4.69, 9.17) is 20.0 Å². The molecule has 0 saturated heterocycles. The molecule has 9 rings (SSSR count). The summed E-state index contributed by atoms with van der Waals surface area (Å²) >= 11 is 0. The minimum atomic E-state index is -1.04. The van der Waals surface area contributed by atoms with E-state index in [1.165, 1.54) is 0 Å². The molecular formula is C45H33N5O3. The Bertz CT molecular complexity index is 2470. The number of aromatic carboxylic acids is 1. The van der Waals surface area contributed by atoms with E-state index in [-0.39, 0.29) is 11.5 Å². The van der Waals surface area contributed by atoms with Crippen LogP contribution < -0.4 is 4.74 Å². The van der Waals surface area contributed by atoms with Gasteiger partial charge in [-0.05, 0) is 64.1 Å². The number of benzene rings is 6. The Morgan fingerprint density at radius 3 is 1.79 bits per heavy atom. The summed E-state index contributed by atoms with van der Waals surface area (Å²) in [5.41, 5.74) is 6.26. The molecular weight excluding hydrogens is 659 g/mol. The number of carboxylic acids is 1. The van der Waals surface area contributed by atoms with Gasteiger partial charge < -0.3 is 9.84 Å². The summed E-state index contributed by atoms with van der Waals surface area (Å²) in [7, 11) is 0. The van der Waals surface area contributed by atoms with Crippen LogP contribution in [0.4, 0.5) is 0 Å². The van der Waals surface area contributed by atoms with Gasteiger partial charge in [-0.25, -0.2) is 9.78 Å². The summed E-state index contributed by atoms with van der Waals surface area (Å²) in [4.78, 5) is 19.2. The molecule has 6 aromatic carbocycles. The van der Waals surface area contributed by atoms with E-state index in [2.05, 4.69) is 41.5 Å². The van der Waals surface area contributed by atoms with Crippen LogP contribution in [0, 0.1) is 0 Å². The summed E-state index contributed by atoms with van der Waals surface area (Å²) in [5.74, 6) is 0.462. The van der Waals surface area contributed by atoms with Crippen molar-refractivity contribution in [2.45, 2.75) is 24.3 Å². The highest BCUT2D eigenvalue weighted by molar-refractivity contribution is 6.05. The second-order valence-electron chi connectivity index (χ2n) is 13.2. The highest BCUT2D eigenvalue weighted by atomic mass is 16.5. The van der Waals surface area contributed by atoms with E-state index in [0.717, 1.165) is 46.2 Å². The smallest absolute Gasteiger partial charge is 0.340 e. The third-order valence-electron chi connectivity index (χ3n) is 9.89. The average Bonchev–Trinajstić information content (AvgIpc) is 3.95. The van der Waals surface area contributed by atoms with Crippen molar-refractivity contribution in [2.75, 3.05) is 0 Å². The standard InChI is InChI=1S/C45H33N5O3/c51-44(52)40-38-22-12-13-23-39(38)46-41(31-24-25-31)42(40)53-35-28-26-30(27-29-35)36-20-10-11-21-37(36)43-47-49-50(48-43)45(32-14-4-1-5-15-32,33-16-6-2-7-17-33)34-18-8-3-9-19-34/h1-23,26-29,31H,24-25H2,(H,51,52). The molecule has 1 saturated carbocycles. The zero-order chi connectivity index (χ0) is 35.8. The molecule has 1 aliphatic carbocycles. The topological polar surface area (TPSA) is 103 Å². The number of carbonyl (C=O) groups is 1.